The molecule has 1 fully saturated rings. The van der Waals surface area contributed by atoms with Gasteiger partial charge < -0.3 is 0 Å². The molecule has 0 unspecified atom stereocenters. The summed E-state index contributed by atoms with van der Waals surface area (Å²) in [6.07, 6.45) is 7.23. The topological polar surface area (TPSA) is 0 Å². The SMILES string of the molecule is [B]=Cc1ccc(-c2ccc(-c3ccc(C4CCC(CCC)CC4)cc3F)cc2)c(F)c1F. The Balaban J connectivity index is 1.53. The fraction of sp³-hybridized carbons (Fsp3) is 0.321. The summed E-state index contributed by atoms with van der Waals surface area (Å²) in [5, 5.41) is 0. The second kappa shape index (κ2) is 9.89. The molecule has 3 aromatic carbocycles. The molecule has 4 rings (SSSR count). The number of hydrogen-bond donors (Lipinski definition) is 0. The minimum atomic E-state index is -0.973. The number of hydrogen-bond acceptors (Lipinski definition) is 0. The van der Waals surface area contributed by atoms with Crippen LogP contribution in [-0.2, 0) is 0 Å². The molecule has 0 aliphatic heterocycles. The average molecular weight is 431 g/mol. The second-order valence-electron chi connectivity index (χ2n) is 8.82. The molecule has 0 aromatic heterocycles. The van der Waals surface area contributed by atoms with Crippen molar-refractivity contribution in [3.8, 4) is 22.3 Å². The molecule has 0 atom stereocenters. The number of halogens is 3. The zero-order valence-corrected chi connectivity index (χ0v) is 18.4. The van der Waals surface area contributed by atoms with Crippen LogP contribution in [0.15, 0.2) is 54.6 Å². The third kappa shape index (κ3) is 4.60. The molecule has 0 spiro atoms. The fourth-order valence-corrected chi connectivity index (χ4v) is 4.96. The zero-order chi connectivity index (χ0) is 22.7. The predicted molar refractivity (Wildman–Crippen MR) is 128 cm³/mol. The van der Waals surface area contributed by atoms with Gasteiger partial charge in [-0.2, -0.15) is 0 Å². The number of benzene rings is 3. The minimum absolute atomic E-state index is 0.0175. The predicted octanol–water partition coefficient (Wildman–Crippen LogP) is 7.83. The van der Waals surface area contributed by atoms with Gasteiger partial charge in [0.1, 0.15) is 0 Å². The summed E-state index contributed by atoms with van der Waals surface area (Å²) >= 11 is 0. The summed E-state index contributed by atoms with van der Waals surface area (Å²) in [4.78, 5) is 0. The Kier molecular flexibility index (Phi) is 6.98. The Labute approximate surface area is 189 Å². The summed E-state index contributed by atoms with van der Waals surface area (Å²) in [6.45, 7) is 2.23. The Bertz CT molecular complexity index is 1100. The molecule has 0 N–H and O–H groups in total. The van der Waals surface area contributed by atoms with Crippen LogP contribution < -0.4 is 0 Å². The standard InChI is InChI=1S/C28H27BF3/c1-2-3-18-4-6-19(7-5-18)22-12-14-24(26(30)16-22)20-8-10-21(11-9-20)25-15-13-23(17-29)27(31)28(25)32/h8-19H,2-7H2,1H3. The van der Waals surface area contributed by atoms with Crippen molar-refractivity contribution in [1.82, 2.24) is 0 Å². The van der Waals surface area contributed by atoms with Crippen LogP contribution in [0.5, 0.6) is 0 Å². The summed E-state index contributed by atoms with van der Waals surface area (Å²) in [5.41, 5.74) is 2.98. The summed E-state index contributed by atoms with van der Waals surface area (Å²) in [7, 11) is 5.32. The third-order valence-electron chi connectivity index (χ3n) is 6.81. The van der Waals surface area contributed by atoms with Crippen molar-refractivity contribution in [2.45, 2.75) is 51.4 Å². The molecular formula is C28H27BF3. The van der Waals surface area contributed by atoms with Crippen molar-refractivity contribution >= 4 is 13.5 Å². The summed E-state index contributed by atoms with van der Waals surface area (Å²) < 4.78 is 43.4. The van der Waals surface area contributed by atoms with E-state index in [1.165, 1.54) is 37.8 Å². The van der Waals surface area contributed by atoms with E-state index in [0.717, 1.165) is 30.3 Å². The van der Waals surface area contributed by atoms with Gasteiger partial charge in [0.15, 0.2) is 0 Å². The van der Waals surface area contributed by atoms with E-state index < -0.39 is 11.6 Å². The second-order valence-corrected chi connectivity index (χ2v) is 8.82. The molecule has 4 heteroatoms. The van der Waals surface area contributed by atoms with Crippen LogP contribution in [0.3, 0.4) is 0 Å². The quantitative estimate of drug-likeness (QED) is 0.349. The van der Waals surface area contributed by atoms with E-state index in [9.17, 15) is 13.2 Å². The van der Waals surface area contributed by atoms with Crippen LogP contribution in [0, 0.1) is 23.4 Å². The first kappa shape index (κ1) is 22.6. The maximum absolute atomic E-state index is 15.0. The van der Waals surface area contributed by atoms with Gasteiger partial charge in [0, 0.05) is 0 Å². The van der Waals surface area contributed by atoms with Gasteiger partial charge in [-0.05, 0) is 43.1 Å². The van der Waals surface area contributed by atoms with Crippen LogP contribution in [0.2, 0.25) is 0 Å². The van der Waals surface area contributed by atoms with Crippen molar-refractivity contribution in [3.05, 3.63) is 83.2 Å². The molecule has 1 saturated carbocycles. The van der Waals surface area contributed by atoms with Crippen LogP contribution in [-0.4, -0.2) is 13.5 Å². The van der Waals surface area contributed by atoms with E-state index in [1.54, 1.807) is 30.3 Å². The molecule has 3 aromatic rings. The van der Waals surface area contributed by atoms with Crippen molar-refractivity contribution in [1.29, 1.82) is 0 Å². The van der Waals surface area contributed by atoms with E-state index in [-0.39, 0.29) is 16.9 Å². The van der Waals surface area contributed by atoms with Crippen molar-refractivity contribution < 1.29 is 13.2 Å². The molecule has 0 nitrogen and oxygen atoms in total. The third-order valence-corrected chi connectivity index (χ3v) is 6.81. The van der Waals surface area contributed by atoms with Crippen molar-refractivity contribution in [3.63, 3.8) is 0 Å². The van der Waals surface area contributed by atoms with Gasteiger partial charge >= 0.3 is 126 Å². The molecule has 1 aliphatic carbocycles. The van der Waals surface area contributed by atoms with Gasteiger partial charge in [-0.25, -0.2) is 0 Å². The van der Waals surface area contributed by atoms with Gasteiger partial charge in [-0.15, -0.1) is 0 Å². The Morgan fingerprint density at radius 3 is 2.03 bits per heavy atom. The van der Waals surface area contributed by atoms with Gasteiger partial charge in [-0.1, -0.05) is 19.8 Å². The first-order valence-electron chi connectivity index (χ1n) is 11.4. The molecule has 0 heterocycles. The van der Waals surface area contributed by atoms with Crippen LogP contribution in [0.1, 0.15) is 62.5 Å². The molecule has 32 heavy (non-hydrogen) atoms. The monoisotopic (exact) mass is 431 g/mol. The van der Waals surface area contributed by atoms with Gasteiger partial charge in [0.2, 0.25) is 0 Å². The Morgan fingerprint density at radius 1 is 0.812 bits per heavy atom. The maximum atomic E-state index is 15.0. The van der Waals surface area contributed by atoms with Gasteiger partial charge in [0.05, 0.1) is 0 Å². The van der Waals surface area contributed by atoms with Crippen LogP contribution >= 0.6 is 0 Å². The molecule has 163 valence electrons. The zero-order valence-electron chi connectivity index (χ0n) is 18.4. The van der Waals surface area contributed by atoms with Crippen LogP contribution in [0.4, 0.5) is 13.2 Å². The normalized spacial score (nSPS) is 18.5. The molecule has 1 radical (unpaired) electrons. The molecule has 0 bridgehead atoms. The van der Waals surface area contributed by atoms with Gasteiger partial charge in [-0.3, -0.25) is 0 Å². The molecular weight excluding hydrogens is 404 g/mol. The Morgan fingerprint density at radius 2 is 1.44 bits per heavy atom. The summed E-state index contributed by atoms with van der Waals surface area (Å²) in [6, 6.07) is 15.3. The van der Waals surface area contributed by atoms with E-state index in [4.69, 9.17) is 7.49 Å². The van der Waals surface area contributed by atoms with Crippen LogP contribution in [0.25, 0.3) is 22.3 Å². The Hall–Kier alpha value is -2.62. The first-order chi connectivity index (χ1) is 15.5. The average Bonchev–Trinajstić information content (AvgIpc) is 2.82. The van der Waals surface area contributed by atoms with Crippen molar-refractivity contribution in [2.75, 3.05) is 0 Å². The number of rotatable bonds is 6. The summed E-state index contributed by atoms with van der Waals surface area (Å²) in [5.74, 6) is 0.128. The fourth-order valence-electron chi connectivity index (χ4n) is 4.96. The van der Waals surface area contributed by atoms with E-state index in [0.29, 0.717) is 22.6 Å². The molecule has 1 aliphatic rings. The van der Waals surface area contributed by atoms with E-state index in [2.05, 4.69) is 6.92 Å². The van der Waals surface area contributed by atoms with E-state index >= 15 is 0 Å². The van der Waals surface area contributed by atoms with Crippen molar-refractivity contribution in [2.24, 2.45) is 5.92 Å². The van der Waals surface area contributed by atoms with E-state index in [1.807, 2.05) is 12.1 Å². The molecule has 0 saturated heterocycles. The molecule has 0 amide bonds. The van der Waals surface area contributed by atoms with Gasteiger partial charge in [0.25, 0.3) is 0 Å². The first-order valence-corrected chi connectivity index (χ1v) is 11.4.